The van der Waals surface area contributed by atoms with Gasteiger partial charge < -0.3 is 9.13 Å². The van der Waals surface area contributed by atoms with E-state index < -0.39 is 0 Å². The van der Waals surface area contributed by atoms with Crippen LogP contribution < -0.4 is 0 Å². The third kappa shape index (κ3) is 5.91. The van der Waals surface area contributed by atoms with Gasteiger partial charge in [-0.2, -0.15) is 0 Å². The molecule has 10 aromatic carbocycles. The highest BCUT2D eigenvalue weighted by molar-refractivity contribution is 6.17. The highest BCUT2D eigenvalue weighted by atomic mass is 15.0. The second-order valence-electron chi connectivity index (χ2n) is 21.2. The molecule has 0 saturated heterocycles. The van der Waals surface area contributed by atoms with E-state index in [1.165, 1.54) is 77.1 Å². The lowest BCUT2D eigenvalue weighted by molar-refractivity contribution is 0.666. The van der Waals surface area contributed by atoms with Crippen molar-refractivity contribution in [2.45, 2.75) is 38.5 Å². The average Bonchev–Trinajstić information content (AvgIpc) is 4.12. The van der Waals surface area contributed by atoms with E-state index in [0.717, 1.165) is 61.6 Å². The zero-order chi connectivity index (χ0) is 49.5. The number of benzene rings is 10. The molecule has 0 unspecified atom stereocenters. The summed E-state index contributed by atoms with van der Waals surface area (Å²) in [6, 6.07) is 84.3. The first-order valence-corrected chi connectivity index (χ1v) is 25.8. The fraction of sp³-hybridized carbons (Fsp3) is 0.0857. The van der Waals surface area contributed by atoms with Gasteiger partial charge in [0.25, 0.3) is 0 Å². The molecule has 2 aliphatic carbocycles. The quantitative estimate of drug-likeness (QED) is 0.166. The molecule has 0 amide bonds. The third-order valence-corrected chi connectivity index (χ3v) is 16.5. The van der Waals surface area contributed by atoms with E-state index in [-0.39, 0.29) is 10.8 Å². The van der Waals surface area contributed by atoms with Gasteiger partial charge in [-0.1, -0.05) is 216 Å². The van der Waals surface area contributed by atoms with Crippen LogP contribution in [0, 0.1) is 0 Å². The lowest BCUT2D eigenvalue weighted by Gasteiger charge is -2.23. The highest BCUT2D eigenvalue weighted by Gasteiger charge is 2.40. The van der Waals surface area contributed by atoms with Gasteiger partial charge in [0.15, 0.2) is 5.82 Å². The SMILES string of the molecule is CC1(C)c2ccccc2-c2ccc3c(c21)c1ccccc1n3-c1ccccc1-c1c(-c2nc(-c3ccccc3)cc(-c3ccccc3)n2)cccc1-n1c2ccccc2c2c3c(ccc21)-c1ccccc1C3(C)C. The Labute approximate surface area is 430 Å². The smallest absolute Gasteiger partial charge is 0.161 e. The van der Waals surface area contributed by atoms with Crippen LogP contribution in [0.25, 0.3) is 122 Å². The predicted molar refractivity (Wildman–Crippen MR) is 308 cm³/mol. The van der Waals surface area contributed by atoms with Gasteiger partial charge in [-0.3, -0.25) is 0 Å². The Hall–Kier alpha value is -9.12. The summed E-state index contributed by atoms with van der Waals surface area (Å²) in [4.78, 5) is 11.1. The molecule has 0 bridgehead atoms. The molecule has 4 heteroatoms. The van der Waals surface area contributed by atoms with E-state index in [4.69, 9.17) is 9.97 Å². The van der Waals surface area contributed by atoms with Gasteiger partial charge in [-0.15, -0.1) is 0 Å². The third-order valence-electron chi connectivity index (χ3n) is 16.5. The zero-order valence-corrected chi connectivity index (χ0v) is 41.7. The van der Waals surface area contributed by atoms with Crippen LogP contribution in [-0.2, 0) is 10.8 Å². The number of aromatic nitrogens is 4. The Morgan fingerprint density at radius 3 is 1.28 bits per heavy atom. The summed E-state index contributed by atoms with van der Waals surface area (Å²) in [7, 11) is 0. The van der Waals surface area contributed by atoms with Crippen LogP contribution in [0.3, 0.4) is 0 Å². The minimum Gasteiger partial charge on any atom is -0.309 e. The summed E-state index contributed by atoms with van der Waals surface area (Å²) in [5, 5.41) is 5.07. The Kier molecular flexibility index (Phi) is 9.02. The van der Waals surface area contributed by atoms with E-state index in [1.54, 1.807) is 0 Å². The van der Waals surface area contributed by atoms with E-state index in [9.17, 15) is 0 Å². The van der Waals surface area contributed by atoms with Crippen molar-refractivity contribution in [3.8, 4) is 78.7 Å². The molecule has 74 heavy (non-hydrogen) atoms. The summed E-state index contributed by atoms with van der Waals surface area (Å²) in [5.41, 5.74) is 24.0. The maximum absolute atomic E-state index is 5.56. The van der Waals surface area contributed by atoms with Gasteiger partial charge in [0, 0.05) is 60.2 Å². The van der Waals surface area contributed by atoms with Gasteiger partial charge in [-0.05, 0) is 87.0 Å². The Balaban J connectivity index is 1.07. The van der Waals surface area contributed by atoms with Crippen molar-refractivity contribution in [1.29, 1.82) is 0 Å². The first-order valence-electron chi connectivity index (χ1n) is 25.8. The predicted octanol–water partition coefficient (Wildman–Crippen LogP) is 18.0. The maximum Gasteiger partial charge on any atom is 0.161 e. The van der Waals surface area contributed by atoms with E-state index in [1.807, 2.05) is 0 Å². The first-order chi connectivity index (χ1) is 36.3. The van der Waals surface area contributed by atoms with Crippen molar-refractivity contribution < 1.29 is 0 Å². The lowest BCUT2D eigenvalue weighted by Crippen LogP contribution is -2.15. The summed E-state index contributed by atoms with van der Waals surface area (Å²) >= 11 is 0. The van der Waals surface area contributed by atoms with Crippen LogP contribution >= 0.6 is 0 Å². The Morgan fingerprint density at radius 1 is 0.324 bits per heavy atom. The van der Waals surface area contributed by atoms with Crippen LogP contribution in [0.5, 0.6) is 0 Å². The van der Waals surface area contributed by atoms with Crippen molar-refractivity contribution in [2.75, 3.05) is 0 Å². The van der Waals surface area contributed by atoms with Gasteiger partial charge in [-0.25, -0.2) is 9.97 Å². The molecule has 0 aliphatic heterocycles. The molecule has 2 aliphatic rings. The van der Waals surface area contributed by atoms with E-state index in [0.29, 0.717) is 5.82 Å². The number of para-hydroxylation sites is 3. The molecule has 3 heterocycles. The number of rotatable bonds is 6. The van der Waals surface area contributed by atoms with Gasteiger partial charge in [0.05, 0.1) is 44.8 Å². The fourth-order valence-electron chi connectivity index (χ4n) is 13.3. The van der Waals surface area contributed by atoms with Crippen LogP contribution in [0.15, 0.2) is 231 Å². The number of fused-ring (bicyclic) bond motifs is 14. The molecule has 3 aromatic heterocycles. The molecule has 350 valence electrons. The highest BCUT2D eigenvalue weighted by Crippen LogP contribution is 2.56. The van der Waals surface area contributed by atoms with Crippen molar-refractivity contribution in [3.63, 3.8) is 0 Å². The number of nitrogens with zero attached hydrogens (tertiary/aromatic N) is 4. The van der Waals surface area contributed by atoms with Gasteiger partial charge in [0.2, 0.25) is 0 Å². The Bertz CT molecular complexity index is 4420. The summed E-state index contributed by atoms with van der Waals surface area (Å²) in [5.74, 6) is 0.662. The molecule has 0 radical (unpaired) electrons. The molecular formula is C70H50N4. The normalized spacial score (nSPS) is 13.9. The summed E-state index contributed by atoms with van der Waals surface area (Å²) in [6.07, 6.45) is 0. The van der Waals surface area contributed by atoms with Crippen LogP contribution in [0.2, 0.25) is 0 Å². The van der Waals surface area contributed by atoms with E-state index in [2.05, 4.69) is 267 Å². The molecule has 4 nitrogen and oxygen atoms in total. The summed E-state index contributed by atoms with van der Waals surface area (Å²) in [6.45, 7) is 9.59. The van der Waals surface area contributed by atoms with Crippen LogP contribution in [-0.4, -0.2) is 19.1 Å². The molecule has 0 saturated carbocycles. The zero-order valence-electron chi connectivity index (χ0n) is 41.7. The molecule has 13 aromatic rings. The Morgan fingerprint density at radius 2 is 0.743 bits per heavy atom. The molecular weight excluding hydrogens is 897 g/mol. The van der Waals surface area contributed by atoms with Crippen molar-refractivity contribution in [2.24, 2.45) is 0 Å². The average molecular weight is 947 g/mol. The standard InChI is InChI=1S/C70H50N4/c1-69(2)53-32-16-11-26-45(53)47-38-40-61-64(66(47)69)50-29-14-19-35-58(50)73(61)57-34-18-13-28-49(57)63-52(68-71-55(43-22-7-5-8-23-43)42-56(72-68)44-24-9-6-10-25-44)31-21-37-60(63)74-59-36-20-15-30-51(59)65-62(74)41-39-48-46-27-12-17-33-54(46)70(3,4)67(48)65/h5-42H,1-4H3. The van der Waals surface area contributed by atoms with Crippen molar-refractivity contribution >= 4 is 43.6 Å². The van der Waals surface area contributed by atoms with E-state index >= 15 is 0 Å². The maximum atomic E-state index is 5.56. The monoisotopic (exact) mass is 946 g/mol. The molecule has 15 rings (SSSR count). The molecule has 0 spiro atoms. The summed E-state index contributed by atoms with van der Waals surface area (Å²) < 4.78 is 5.05. The first kappa shape index (κ1) is 42.6. The largest absolute Gasteiger partial charge is 0.309 e. The number of hydrogen-bond donors (Lipinski definition) is 0. The number of hydrogen-bond acceptors (Lipinski definition) is 2. The topological polar surface area (TPSA) is 35.6 Å². The fourth-order valence-corrected chi connectivity index (χ4v) is 13.3. The second kappa shape index (κ2) is 15.7. The van der Waals surface area contributed by atoms with Crippen molar-refractivity contribution in [3.05, 3.63) is 253 Å². The second-order valence-corrected chi connectivity index (χ2v) is 21.2. The van der Waals surface area contributed by atoms with Crippen LogP contribution in [0.1, 0.15) is 49.9 Å². The minimum atomic E-state index is -0.218. The van der Waals surface area contributed by atoms with Crippen LogP contribution in [0.4, 0.5) is 0 Å². The van der Waals surface area contributed by atoms with Gasteiger partial charge >= 0.3 is 0 Å². The molecule has 0 N–H and O–H groups in total. The lowest BCUT2D eigenvalue weighted by atomic mass is 9.80. The van der Waals surface area contributed by atoms with Gasteiger partial charge in [0.1, 0.15) is 0 Å². The minimum absolute atomic E-state index is 0.204. The molecule has 0 fully saturated rings. The molecule has 0 atom stereocenters. The van der Waals surface area contributed by atoms with Crippen molar-refractivity contribution in [1.82, 2.24) is 19.1 Å².